The molecule has 0 unspecified atom stereocenters. The summed E-state index contributed by atoms with van der Waals surface area (Å²) in [5.74, 6) is -0.0184. The highest BCUT2D eigenvalue weighted by atomic mass is 19.1. The molecule has 3 aromatic rings. The number of nitrogens with two attached hydrogens (primary N) is 1. The van der Waals surface area contributed by atoms with Crippen molar-refractivity contribution in [2.45, 2.75) is 6.92 Å². The Labute approximate surface area is 103 Å². The van der Waals surface area contributed by atoms with Crippen LogP contribution in [0.3, 0.4) is 0 Å². The van der Waals surface area contributed by atoms with E-state index in [1.165, 1.54) is 12.1 Å². The second-order valence-corrected chi connectivity index (χ2v) is 4.08. The second kappa shape index (κ2) is 3.80. The molecule has 90 valence electrons. The molecule has 0 aliphatic heterocycles. The SMILES string of the molecule is Cc1ccc2nc(N)n(-c3cccc(F)c3)c2n1. The zero-order valence-corrected chi connectivity index (χ0v) is 9.76. The minimum atomic E-state index is -0.318. The molecule has 0 aliphatic carbocycles. The highest BCUT2D eigenvalue weighted by Crippen LogP contribution is 2.22. The van der Waals surface area contributed by atoms with Gasteiger partial charge in [0.05, 0.1) is 5.69 Å². The van der Waals surface area contributed by atoms with E-state index < -0.39 is 0 Å². The zero-order valence-electron chi connectivity index (χ0n) is 9.76. The Kier molecular flexibility index (Phi) is 2.26. The first-order chi connectivity index (χ1) is 8.65. The molecular weight excluding hydrogens is 231 g/mol. The van der Waals surface area contributed by atoms with Gasteiger partial charge in [-0.25, -0.2) is 14.4 Å². The Morgan fingerprint density at radius 2 is 2.00 bits per heavy atom. The third kappa shape index (κ3) is 1.60. The average molecular weight is 242 g/mol. The van der Waals surface area contributed by atoms with Gasteiger partial charge < -0.3 is 5.73 Å². The maximum atomic E-state index is 13.3. The molecule has 0 radical (unpaired) electrons. The lowest BCUT2D eigenvalue weighted by molar-refractivity contribution is 0.627. The van der Waals surface area contributed by atoms with Crippen molar-refractivity contribution in [3.63, 3.8) is 0 Å². The molecule has 2 aromatic heterocycles. The summed E-state index contributed by atoms with van der Waals surface area (Å²) in [6.07, 6.45) is 0. The van der Waals surface area contributed by atoms with Crippen LogP contribution >= 0.6 is 0 Å². The first-order valence-electron chi connectivity index (χ1n) is 5.52. The van der Waals surface area contributed by atoms with Gasteiger partial charge in [-0.05, 0) is 37.3 Å². The average Bonchev–Trinajstić information content (AvgIpc) is 2.64. The Morgan fingerprint density at radius 3 is 2.78 bits per heavy atom. The molecule has 3 rings (SSSR count). The van der Waals surface area contributed by atoms with Gasteiger partial charge >= 0.3 is 0 Å². The third-order valence-electron chi connectivity index (χ3n) is 2.74. The number of nitrogens with zero attached hydrogens (tertiary/aromatic N) is 3. The Hall–Kier alpha value is -2.43. The summed E-state index contributed by atoms with van der Waals surface area (Å²) in [7, 11) is 0. The van der Waals surface area contributed by atoms with Crippen LogP contribution in [0.15, 0.2) is 36.4 Å². The monoisotopic (exact) mass is 242 g/mol. The summed E-state index contributed by atoms with van der Waals surface area (Å²) >= 11 is 0. The molecule has 18 heavy (non-hydrogen) atoms. The minimum Gasteiger partial charge on any atom is -0.369 e. The van der Waals surface area contributed by atoms with E-state index in [-0.39, 0.29) is 5.82 Å². The molecule has 0 atom stereocenters. The van der Waals surface area contributed by atoms with Crippen molar-refractivity contribution in [3.8, 4) is 5.69 Å². The predicted octanol–water partition coefficient (Wildman–Crippen LogP) is 2.45. The lowest BCUT2D eigenvalue weighted by Gasteiger charge is -2.05. The van der Waals surface area contributed by atoms with Gasteiger partial charge in [0.2, 0.25) is 5.95 Å². The van der Waals surface area contributed by atoms with Gasteiger partial charge in [-0.1, -0.05) is 6.07 Å². The van der Waals surface area contributed by atoms with Crippen LogP contribution in [0.4, 0.5) is 10.3 Å². The van der Waals surface area contributed by atoms with E-state index in [0.717, 1.165) is 5.69 Å². The molecule has 0 aliphatic rings. The van der Waals surface area contributed by atoms with Gasteiger partial charge in [0.25, 0.3) is 0 Å². The molecule has 5 heteroatoms. The summed E-state index contributed by atoms with van der Waals surface area (Å²) in [6, 6.07) is 9.91. The van der Waals surface area contributed by atoms with E-state index in [0.29, 0.717) is 22.8 Å². The summed E-state index contributed by atoms with van der Waals surface area (Å²) in [4.78, 5) is 8.62. The molecule has 4 nitrogen and oxygen atoms in total. The van der Waals surface area contributed by atoms with E-state index in [9.17, 15) is 4.39 Å². The first-order valence-corrected chi connectivity index (χ1v) is 5.52. The van der Waals surface area contributed by atoms with E-state index in [1.54, 1.807) is 16.7 Å². The van der Waals surface area contributed by atoms with Crippen LogP contribution in [-0.2, 0) is 0 Å². The number of pyridine rings is 1. The number of aryl methyl sites for hydroxylation is 1. The van der Waals surface area contributed by atoms with Crippen molar-refractivity contribution >= 4 is 17.1 Å². The van der Waals surface area contributed by atoms with E-state index >= 15 is 0 Å². The van der Waals surface area contributed by atoms with E-state index in [1.807, 2.05) is 19.1 Å². The summed E-state index contributed by atoms with van der Waals surface area (Å²) in [6.45, 7) is 1.89. The fraction of sp³-hybridized carbons (Fsp3) is 0.0769. The van der Waals surface area contributed by atoms with E-state index in [2.05, 4.69) is 9.97 Å². The molecule has 0 amide bonds. The maximum Gasteiger partial charge on any atom is 0.207 e. The van der Waals surface area contributed by atoms with Crippen LogP contribution in [0, 0.1) is 12.7 Å². The normalized spacial score (nSPS) is 11.0. The van der Waals surface area contributed by atoms with Crippen LogP contribution in [0.2, 0.25) is 0 Å². The topological polar surface area (TPSA) is 56.7 Å². The number of imidazole rings is 1. The molecule has 0 spiro atoms. The molecule has 0 fully saturated rings. The maximum absolute atomic E-state index is 13.3. The highest BCUT2D eigenvalue weighted by molar-refractivity contribution is 5.77. The van der Waals surface area contributed by atoms with Gasteiger partial charge in [-0.3, -0.25) is 4.57 Å². The van der Waals surface area contributed by atoms with Crippen molar-refractivity contribution in [2.75, 3.05) is 5.73 Å². The van der Waals surface area contributed by atoms with Crippen LogP contribution in [0.25, 0.3) is 16.9 Å². The molecule has 2 heterocycles. The van der Waals surface area contributed by atoms with Crippen molar-refractivity contribution in [1.29, 1.82) is 0 Å². The number of rotatable bonds is 1. The van der Waals surface area contributed by atoms with Crippen molar-refractivity contribution in [1.82, 2.24) is 14.5 Å². The number of aromatic nitrogens is 3. The predicted molar refractivity (Wildman–Crippen MR) is 68.0 cm³/mol. The molecule has 0 saturated heterocycles. The van der Waals surface area contributed by atoms with Crippen molar-refractivity contribution in [2.24, 2.45) is 0 Å². The number of halogens is 1. The largest absolute Gasteiger partial charge is 0.369 e. The molecule has 2 N–H and O–H groups in total. The van der Waals surface area contributed by atoms with E-state index in [4.69, 9.17) is 5.73 Å². The summed E-state index contributed by atoms with van der Waals surface area (Å²) in [5.41, 5.74) is 8.69. The number of nitrogen functional groups attached to an aromatic ring is 1. The summed E-state index contributed by atoms with van der Waals surface area (Å²) < 4.78 is 14.9. The Balaban J connectivity index is 2.34. The van der Waals surface area contributed by atoms with Gasteiger partial charge in [0, 0.05) is 5.69 Å². The van der Waals surface area contributed by atoms with Crippen molar-refractivity contribution in [3.05, 3.63) is 47.9 Å². The van der Waals surface area contributed by atoms with Gasteiger partial charge in [0.15, 0.2) is 5.65 Å². The van der Waals surface area contributed by atoms with Crippen LogP contribution < -0.4 is 5.73 Å². The number of benzene rings is 1. The molecule has 0 bridgehead atoms. The second-order valence-electron chi connectivity index (χ2n) is 4.08. The fourth-order valence-electron chi connectivity index (χ4n) is 1.94. The standard InChI is InChI=1S/C13H11FN4/c1-8-5-6-11-12(16-8)18(13(15)17-11)10-4-2-3-9(14)7-10/h2-7H,1H3,(H2,15,17). The Morgan fingerprint density at radius 1 is 1.17 bits per heavy atom. The fourth-order valence-corrected chi connectivity index (χ4v) is 1.94. The van der Waals surface area contributed by atoms with Crippen LogP contribution in [0.5, 0.6) is 0 Å². The lowest BCUT2D eigenvalue weighted by Crippen LogP contribution is -2.02. The lowest BCUT2D eigenvalue weighted by atomic mass is 10.3. The Bertz CT molecular complexity index is 733. The summed E-state index contributed by atoms with van der Waals surface area (Å²) in [5, 5.41) is 0. The molecule has 1 aromatic carbocycles. The van der Waals surface area contributed by atoms with Gasteiger partial charge in [0.1, 0.15) is 11.3 Å². The number of hydrogen-bond acceptors (Lipinski definition) is 3. The van der Waals surface area contributed by atoms with Gasteiger partial charge in [-0.15, -0.1) is 0 Å². The number of hydrogen-bond donors (Lipinski definition) is 1. The molecule has 0 saturated carbocycles. The quantitative estimate of drug-likeness (QED) is 0.713. The number of fused-ring (bicyclic) bond motifs is 1. The third-order valence-corrected chi connectivity index (χ3v) is 2.74. The first kappa shape index (κ1) is 10.7. The molecular formula is C13H11FN4. The van der Waals surface area contributed by atoms with Gasteiger partial charge in [-0.2, -0.15) is 0 Å². The van der Waals surface area contributed by atoms with Crippen molar-refractivity contribution < 1.29 is 4.39 Å². The smallest absolute Gasteiger partial charge is 0.207 e. The zero-order chi connectivity index (χ0) is 12.7. The highest BCUT2D eigenvalue weighted by Gasteiger charge is 2.11. The number of anilines is 1. The van der Waals surface area contributed by atoms with Crippen LogP contribution in [0.1, 0.15) is 5.69 Å². The minimum absolute atomic E-state index is 0.300. The van der Waals surface area contributed by atoms with Crippen LogP contribution in [-0.4, -0.2) is 14.5 Å².